The monoisotopic (exact) mass is 314 g/mol. The van der Waals surface area contributed by atoms with Crippen molar-refractivity contribution in [2.45, 2.75) is 79.1 Å². The first-order chi connectivity index (χ1) is 10.9. The Labute approximate surface area is 142 Å². The van der Waals surface area contributed by atoms with Crippen molar-refractivity contribution in [3.8, 4) is 0 Å². The molecule has 0 radical (unpaired) electrons. The van der Waals surface area contributed by atoms with Crippen molar-refractivity contribution in [1.82, 2.24) is 0 Å². The third-order valence-corrected chi connectivity index (χ3v) is 8.84. The maximum atomic E-state index is 11.9. The zero-order valence-corrected chi connectivity index (χ0v) is 15.5. The molecule has 3 fully saturated rings. The maximum Gasteiger partial charge on any atom is 0.155 e. The van der Waals surface area contributed by atoms with Gasteiger partial charge in [0, 0.05) is 6.42 Å². The van der Waals surface area contributed by atoms with Gasteiger partial charge in [-0.25, -0.2) is 0 Å². The van der Waals surface area contributed by atoms with Crippen LogP contribution in [0.15, 0.2) is 11.6 Å². The Bertz CT molecular complexity index is 544. The molecule has 23 heavy (non-hydrogen) atoms. The standard InChI is InChI=1S/C22H34O/c1-14(2)18-7-8-19-17-6-5-15-13-16(23)9-11-21(15,3)20(17)10-12-22(18,19)4/h13-14,17-20H,5-12H2,1-4H3. The van der Waals surface area contributed by atoms with E-state index in [0.717, 1.165) is 42.4 Å². The molecule has 1 heteroatoms. The summed E-state index contributed by atoms with van der Waals surface area (Å²) in [4.78, 5) is 11.9. The Morgan fingerprint density at radius 2 is 1.78 bits per heavy atom. The Morgan fingerprint density at radius 3 is 2.52 bits per heavy atom. The molecule has 4 aliphatic carbocycles. The zero-order chi connectivity index (χ0) is 16.4. The average Bonchev–Trinajstić information content (AvgIpc) is 2.85. The molecular formula is C22H34O. The minimum absolute atomic E-state index is 0.341. The van der Waals surface area contributed by atoms with E-state index in [-0.39, 0.29) is 0 Å². The molecule has 6 unspecified atom stereocenters. The Hall–Kier alpha value is -0.590. The number of carbonyl (C=O) groups excluding carboxylic acids is 1. The van der Waals surface area contributed by atoms with Crippen LogP contribution in [-0.2, 0) is 4.79 Å². The highest BCUT2D eigenvalue weighted by atomic mass is 16.1. The summed E-state index contributed by atoms with van der Waals surface area (Å²) in [5.74, 6) is 4.88. The molecule has 4 aliphatic rings. The quantitative estimate of drug-likeness (QED) is 0.598. The lowest BCUT2D eigenvalue weighted by molar-refractivity contribution is -0.117. The van der Waals surface area contributed by atoms with E-state index >= 15 is 0 Å². The number of allylic oxidation sites excluding steroid dienone is 1. The predicted molar refractivity (Wildman–Crippen MR) is 95.0 cm³/mol. The van der Waals surface area contributed by atoms with Crippen LogP contribution in [0.1, 0.15) is 79.1 Å². The van der Waals surface area contributed by atoms with Crippen LogP contribution in [-0.4, -0.2) is 5.78 Å². The Kier molecular flexibility index (Phi) is 3.60. The van der Waals surface area contributed by atoms with Crippen molar-refractivity contribution in [2.24, 2.45) is 40.4 Å². The van der Waals surface area contributed by atoms with E-state index in [0.29, 0.717) is 16.6 Å². The SMILES string of the molecule is CC(C)C1CCC2C3CCC4=CC(=O)CCC4(C)C3CCC12C. The lowest BCUT2D eigenvalue weighted by Gasteiger charge is -2.58. The molecule has 0 saturated heterocycles. The molecule has 0 aliphatic heterocycles. The molecule has 0 bridgehead atoms. The molecule has 0 spiro atoms. The van der Waals surface area contributed by atoms with Crippen LogP contribution in [0, 0.1) is 40.4 Å². The van der Waals surface area contributed by atoms with Gasteiger partial charge < -0.3 is 0 Å². The molecule has 0 heterocycles. The lowest BCUT2D eigenvalue weighted by atomic mass is 9.46. The van der Waals surface area contributed by atoms with Gasteiger partial charge in [0.25, 0.3) is 0 Å². The minimum atomic E-state index is 0.341. The highest BCUT2D eigenvalue weighted by Crippen LogP contribution is 2.67. The number of hydrogen-bond donors (Lipinski definition) is 0. The van der Waals surface area contributed by atoms with E-state index in [2.05, 4.69) is 27.7 Å². The second-order valence-electron chi connectivity index (χ2n) is 9.94. The normalized spacial score (nSPS) is 49.4. The minimum Gasteiger partial charge on any atom is -0.295 e. The smallest absolute Gasteiger partial charge is 0.155 e. The van der Waals surface area contributed by atoms with E-state index in [1.807, 2.05) is 6.08 Å². The Morgan fingerprint density at radius 1 is 1.00 bits per heavy atom. The van der Waals surface area contributed by atoms with Crippen molar-refractivity contribution in [3.05, 3.63) is 11.6 Å². The molecular weight excluding hydrogens is 280 g/mol. The van der Waals surface area contributed by atoms with Crippen LogP contribution in [0.3, 0.4) is 0 Å². The van der Waals surface area contributed by atoms with Gasteiger partial charge in [-0.3, -0.25) is 4.79 Å². The molecule has 1 nitrogen and oxygen atoms in total. The molecule has 0 aromatic carbocycles. The largest absolute Gasteiger partial charge is 0.295 e. The van der Waals surface area contributed by atoms with Gasteiger partial charge in [0.15, 0.2) is 5.78 Å². The third-order valence-electron chi connectivity index (χ3n) is 8.84. The van der Waals surface area contributed by atoms with E-state index in [1.54, 1.807) is 0 Å². The van der Waals surface area contributed by atoms with E-state index in [1.165, 1.54) is 44.1 Å². The van der Waals surface area contributed by atoms with Crippen LogP contribution in [0.25, 0.3) is 0 Å². The lowest BCUT2D eigenvalue weighted by Crippen LogP contribution is -2.50. The van der Waals surface area contributed by atoms with Gasteiger partial charge in [-0.05, 0) is 91.4 Å². The van der Waals surface area contributed by atoms with Gasteiger partial charge in [0.05, 0.1) is 0 Å². The van der Waals surface area contributed by atoms with Gasteiger partial charge in [0.1, 0.15) is 0 Å². The van der Waals surface area contributed by atoms with E-state index in [9.17, 15) is 4.79 Å². The van der Waals surface area contributed by atoms with Crippen molar-refractivity contribution in [3.63, 3.8) is 0 Å². The summed E-state index contributed by atoms with van der Waals surface area (Å²) >= 11 is 0. The topological polar surface area (TPSA) is 17.1 Å². The van der Waals surface area contributed by atoms with Gasteiger partial charge in [-0.2, -0.15) is 0 Å². The van der Waals surface area contributed by atoms with Crippen molar-refractivity contribution < 1.29 is 4.79 Å². The van der Waals surface area contributed by atoms with Crippen LogP contribution in [0.4, 0.5) is 0 Å². The summed E-state index contributed by atoms with van der Waals surface area (Å²) in [5.41, 5.74) is 2.45. The first-order valence-electron chi connectivity index (χ1n) is 10.1. The summed E-state index contributed by atoms with van der Waals surface area (Å²) in [7, 11) is 0. The highest BCUT2D eigenvalue weighted by Gasteiger charge is 2.59. The fourth-order valence-electron chi connectivity index (χ4n) is 7.69. The van der Waals surface area contributed by atoms with Gasteiger partial charge >= 0.3 is 0 Å². The number of fused-ring (bicyclic) bond motifs is 5. The predicted octanol–water partition coefficient (Wildman–Crippen LogP) is 5.79. The third kappa shape index (κ3) is 2.14. The first kappa shape index (κ1) is 15.9. The van der Waals surface area contributed by atoms with Crippen LogP contribution < -0.4 is 0 Å². The summed E-state index contributed by atoms with van der Waals surface area (Å²) in [6, 6.07) is 0. The number of ketones is 1. The number of hydrogen-bond acceptors (Lipinski definition) is 1. The van der Waals surface area contributed by atoms with Crippen LogP contribution in [0.5, 0.6) is 0 Å². The van der Waals surface area contributed by atoms with Crippen LogP contribution in [0.2, 0.25) is 0 Å². The molecule has 0 aromatic rings. The molecule has 0 N–H and O–H groups in total. The van der Waals surface area contributed by atoms with Crippen molar-refractivity contribution in [2.75, 3.05) is 0 Å². The molecule has 128 valence electrons. The number of carbonyl (C=O) groups is 1. The average molecular weight is 315 g/mol. The molecule has 0 aromatic heterocycles. The summed E-state index contributed by atoms with van der Waals surface area (Å²) in [5, 5.41) is 0. The van der Waals surface area contributed by atoms with Gasteiger partial charge in [-0.1, -0.05) is 33.3 Å². The van der Waals surface area contributed by atoms with Crippen molar-refractivity contribution >= 4 is 5.78 Å². The van der Waals surface area contributed by atoms with E-state index < -0.39 is 0 Å². The van der Waals surface area contributed by atoms with Gasteiger partial charge in [0.2, 0.25) is 0 Å². The van der Waals surface area contributed by atoms with E-state index in [4.69, 9.17) is 0 Å². The van der Waals surface area contributed by atoms with Crippen molar-refractivity contribution in [1.29, 1.82) is 0 Å². The Balaban J connectivity index is 1.66. The number of rotatable bonds is 1. The second-order valence-corrected chi connectivity index (χ2v) is 9.94. The second kappa shape index (κ2) is 5.20. The van der Waals surface area contributed by atoms with Gasteiger partial charge in [-0.15, -0.1) is 0 Å². The summed E-state index contributed by atoms with van der Waals surface area (Å²) in [6.45, 7) is 10.0. The maximum absolute atomic E-state index is 11.9. The summed E-state index contributed by atoms with van der Waals surface area (Å²) in [6.07, 6.45) is 12.3. The summed E-state index contributed by atoms with van der Waals surface area (Å²) < 4.78 is 0. The molecule has 3 saturated carbocycles. The molecule has 4 rings (SSSR count). The molecule has 0 amide bonds. The molecule has 6 atom stereocenters. The highest BCUT2D eigenvalue weighted by molar-refractivity contribution is 5.91. The fraction of sp³-hybridized carbons (Fsp3) is 0.864. The fourth-order valence-corrected chi connectivity index (χ4v) is 7.69. The first-order valence-corrected chi connectivity index (χ1v) is 10.1. The zero-order valence-electron chi connectivity index (χ0n) is 15.5. The van der Waals surface area contributed by atoms with Crippen LogP contribution >= 0.6 is 0 Å².